The van der Waals surface area contributed by atoms with Gasteiger partial charge in [-0.3, -0.25) is 14.4 Å². The first kappa shape index (κ1) is 16.0. The zero-order valence-electron chi connectivity index (χ0n) is 12.8. The Bertz CT molecular complexity index is 598. The molecule has 1 heterocycles. The maximum Gasteiger partial charge on any atom is 0.264 e. The number of nitrogens with one attached hydrogen (secondary N) is 1. The van der Waals surface area contributed by atoms with E-state index in [4.69, 9.17) is 4.74 Å². The Labute approximate surface area is 129 Å². The van der Waals surface area contributed by atoms with Crippen molar-refractivity contribution >= 4 is 23.3 Å². The number of likely N-dealkylation sites (N-methyl/N-ethyl adjacent to an activating group) is 1. The van der Waals surface area contributed by atoms with E-state index in [0.29, 0.717) is 23.5 Å². The molecule has 0 saturated heterocycles. The molecule has 0 saturated carbocycles. The largest absolute Gasteiger partial charge is 0.482 e. The second kappa shape index (κ2) is 7.06. The number of carbonyl (C=O) groups excluding carboxylic acids is 3. The van der Waals surface area contributed by atoms with Crippen molar-refractivity contribution in [3.05, 3.63) is 23.8 Å². The lowest BCUT2D eigenvalue weighted by molar-refractivity contribution is -0.121. The highest BCUT2D eigenvalue weighted by Crippen LogP contribution is 2.32. The number of rotatable bonds is 6. The van der Waals surface area contributed by atoms with Crippen LogP contribution in [0.1, 0.15) is 36.5 Å². The number of hydrogen-bond acceptors (Lipinski definition) is 4. The van der Waals surface area contributed by atoms with Crippen molar-refractivity contribution in [2.45, 2.75) is 26.2 Å². The summed E-state index contributed by atoms with van der Waals surface area (Å²) in [5.41, 5.74) is 1.06. The zero-order chi connectivity index (χ0) is 16.1. The highest BCUT2D eigenvalue weighted by Gasteiger charge is 2.23. The molecule has 0 unspecified atom stereocenters. The van der Waals surface area contributed by atoms with Crippen LogP contribution in [0.4, 0.5) is 5.69 Å². The van der Waals surface area contributed by atoms with Gasteiger partial charge in [-0.1, -0.05) is 6.92 Å². The number of Topliss-reactive ketones (excluding diaryl/α,β-unsaturated/α-hetero) is 1. The number of nitrogens with zero attached hydrogens (tertiary/aromatic N) is 1. The monoisotopic (exact) mass is 304 g/mol. The Morgan fingerprint density at radius 2 is 2.09 bits per heavy atom. The summed E-state index contributed by atoms with van der Waals surface area (Å²) >= 11 is 0. The van der Waals surface area contributed by atoms with Crippen molar-refractivity contribution in [3.8, 4) is 5.75 Å². The molecule has 6 heteroatoms. The van der Waals surface area contributed by atoms with E-state index in [1.54, 1.807) is 25.2 Å². The van der Waals surface area contributed by atoms with Crippen LogP contribution in [0.5, 0.6) is 5.75 Å². The number of carbonyl (C=O) groups is 3. The smallest absolute Gasteiger partial charge is 0.264 e. The minimum atomic E-state index is -0.156. The van der Waals surface area contributed by atoms with Crippen molar-refractivity contribution in [1.82, 2.24) is 5.32 Å². The SMILES string of the molecule is CCCNC(=O)CCC(=O)c1ccc2c(c1)N(C)C(=O)CO2. The number of ketones is 1. The highest BCUT2D eigenvalue weighted by molar-refractivity contribution is 6.02. The van der Waals surface area contributed by atoms with Crippen molar-refractivity contribution in [2.75, 3.05) is 25.1 Å². The van der Waals surface area contributed by atoms with Gasteiger partial charge >= 0.3 is 0 Å². The number of fused-ring (bicyclic) bond motifs is 1. The van der Waals surface area contributed by atoms with Gasteiger partial charge in [0.15, 0.2) is 12.4 Å². The molecule has 0 aliphatic carbocycles. The van der Waals surface area contributed by atoms with Gasteiger partial charge in [-0.05, 0) is 24.6 Å². The number of ether oxygens (including phenoxy) is 1. The molecule has 6 nitrogen and oxygen atoms in total. The molecule has 22 heavy (non-hydrogen) atoms. The molecule has 0 aromatic heterocycles. The van der Waals surface area contributed by atoms with Gasteiger partial charge in [0.25, 0.3) is 5.91 Å². The summed E-state index contributed by atoms with van der Waals surface area (Å²) in [5.74, 6) is 0.181. The summed E-state index contributed by atoms with van der Waals surface area (Å²) < 4.78 is 5.32. The van der Waals surface area contributed by atoms with Gasteiger partial charge in [-0.2, -0.15) is 0 Å². The number of hydrogen-bond donors (Lipinski definition) is 1. The Morgan fingerprint density at radius 1 is 1.32 bits per heavy atom. The maximum absolute atomic E-state index is 12.2. The van der Waals surface area contributed by atoms with Gasteiger partial charge in [-0.15, -0.1) is 0 Å². The topological polar surface area (TPSA) is 75.7 Å². The summed E-state index contributed by atoms with van der Waals surface area (Å²) in [5, 5.41) is 2.74. The first-order valence-corrected chi connectivity index (χ1v) is 7.36. The number of amides is 2. The molecule has 1 aromatic carbocycles. The van der Waals surface area contributed by atoms with Crippen LogP contribution in [0.25, 0.3) is 0 Å². The molecule has 1 aliphatic heterocycles. The third-order valence-electron chi connectivity index (χ3n) is 3.52. The second-order valence-electron chi connectivity index (χ2n) is 5.20. The Balaban J connectivity index is 2.02. The van der Waals surface area contributed by atoms with Gasteiger partial charge < -0.3 is 15.0 Å². The van der Waals surface area contributed by atoms with E-state index in [1.807, 2.05) is 6.92 Å². The van der Waals surface area contributed by atoms with Crippen LogP contribution in [0.2, 0.25) is 0 Å². The van der Waals surface area contributed by atoms with Crippen molar-refractivity contribution in [1.29, 1.82) is 0 Å². The van der Waals surface area contributed by atoms with Crippen LogP contribution in [-0.4, -0.2) is 37.8 Å². The maximum atomic E-state index is 12.2. The van der Waals surface area contributed by atoms with Crippen molar-refractivity contribution < 1.29 is 19.1 Å². The highest BCUT2D eigenvalue weighted by atomic mass is 16.5. The lowest BCUT2D eigenvalue weighted by Crippen LogP contribution is -2.35. The summed E-state index contributed by atoms with van der Waals surface area (Å²) in [6.07, 6.45) is 1.18. The normalized spacial score (nSPS) is 13.4. The Morgan fingerprint density at radius 3 is 2.82 bits per heavy atom. The van der Waals surface area contributed by atoms with Crippen LogP contribution in [0.3, 0.4) is 0 Å². The van der Waals surface area contributed by atoms with Gasteiger partial charge in [0, 0.05) is 32.0 Å². The zero-order valence-corrected chi connectivity index (χ0v) is 12.8. The molecule has 0 fully saturated rings. The molecular formula is C16H20N2O4. The standard InChI is InChI=1S/C16H20N2O4/c1-3-8-17-15(20)7-5-13(19)11-4-6-14-12(9-11)18(2)16(21)10-22-14/h4,6,9H,3,5,7-8,10H2,1-2H3,(H,17,20). The van der Waals surface area contributed by atoms with E-state index in [9.17, 15) is 14.4 Å². The average molecular weight is 304 g/mol. The van der Waals surface area contributed by atoms with E-state index >= 15 is 0 Å². The lowest BCUT2D eigenvalue weighted by atomic mass is 10.0. The minimum Gasteiger partial charge on any atom is -0.482 e. The summed E-state index contributed by atoms with van der Waals surface area (Å²) in [6, 6.07) is 4.98. The molecule has 2 amide bonds. The van der Waals surface area contributed by atoms with Gasteiger partial charge in [0.1, 0.15) is 5.75 Å². The lowest BCUT2D eigenvalue weighted by Gasteiger charge is -2.26. The summed E-state index contributed by atoms with van der Waals surface area (Å²) in [6.45, 7) is 2.60. The first-order valence-electron chi connectivity index (χ1n) is 7.36. The first-order chi connectivity index (χ1) is 10.5. The van der Waals surface area contributed by atoms with E-state index in [-0.39, 0.29) is 37.0 Å². The third kappa shape index (κ3) is 3.63. The molecular weight excluding hydrogens is 284 g/mol. The molecule has 0 atom stereocenters. The molecule has 0 radical (unpaired) electrons. The molecule has 2 rings (SSSR count). The van der Waals surface area contributed by atoms with Crippen molar-refractivity contribution in [2.24, 2.45) is 0 Å². The second-order valence-corrected chi connectivity index (χ2v) is 5.20. The fraction of sp³-hybridized carbons (Fsp3) is 0.438. The molecule has 118 valence electrons. The predicted octanol–water partition coefficient (Wildman–Crippen LogP) is 1.53. The third-order valence-corrected chi connectivity index (χ3v) is 3.52. The molecule has 0 spiro atoms. The fourth-order valence-electron chi connectivity index (χ4n) is 2.17. The van der Waals surface area contributed by atoms with Crippen LogP contribution in [-0.2, 0) is 9.59 Å². The molecule has 1 N–H and O–H groups in total. The minimum absolute atomic E-state index is 0.00833. The van der Waals surface area contributed by atoms with Gasteiger partial charge in [-0.25, -0.2) is 0 Å². The van der Waals surface area contributed by atoms with Crippen LogP contribution in [0.15, 0.2) is 18.2 Å². The summed E-state index contributed by atoms with van der Waals surface area (Å²) in [4.78, 5) is 36.8. The molecule has 1 aromatic rings. The fourth-order valence-corrected chi connectivity index (χ4v) is 2.17. The number of benzene rings is 1. The quantitative estimate of drug-likeness (QED) is 0.809. The molecule has 1 aliphatic rings. The Kier molecular flexibility index (Phi) is 5.14. The van der Waals surface area contributed by atoms with E-state index in [0.717, 1.165) is 6.42 Å². The Hall–Kier alpha value is -2.37. The predicted molar refractivity (Wildman–Crippen MR) is 82.2 cm³/mol. The average Bonchev–Trinajstić information content (AvgIpc) is 2.53. The van der Waals surface area contributed by atoms with E-state index in [1.165, 1.54) is 4.90 Å². The van der Waals surface area contributed by atoms with Crippen molar-refractivity contribution in [3.63, 3.8) is 0 Å². The van der Waals surface area contributed by atoms with E-state index < -0.39 is 0 Å². The van der Waals surface area contributed by atoms with Crippen LogP contribution in [0, 0.1) is 0 Å². The van der Waals surface area contributed by atoms with Gasteiger partial charge in [0.2, 0.25) is 5.91 Å². The van der Waals surface area contributed by atoms with Gasteiger partial charge in [0.05, 0.1) is 5.69 Å². The van der Waals surface area contributed by atoms with Crippen LogP contribution < -0.4 is 15.0 Å². The molecule has 0 bridgehead atoms. The van der Waals surface area contributed by atoms with Crippen LogP contribution >= 0.6 is 0 Å². The number of anilines is 1. The van der Waals surface area contributed by atoms with E-state index in [2.05, 4.69) is 5.32 Å². The summed E-state index contributed by atoms with van der Waals surface area (Å²) in [7, 11) is 1.65.